The summed E-state index contributed by atoms with van der Waals surface area (Å²) in [5, 5.41) is 12.5. The summed E-state index contributed by atoms with van der Waals surface area (Å²) in [4.78, 5) is 20.3. The first kappa shape index (κ1) is 19.3. The second kappa shape index (κ2) is 9.49. The first-order chi connectivity index (χ1) is 11.5. The Kier molecular flexibility index (Phi) is 7.65. The molecule has 1 aromatic rings. The third-order valence-corrected chi connectivity index (χ3v) is 5.70. The molecule has 1 N–H and O–H groups in total. The van der Waals surface area contributed by atoms with Gasteiger partial charge in [0, 0.05) is 31.1 Å². The summed E-state index contributed by atoms with van der Waals surface area (Å²) in [5.74, 6) is -0.000582. The Morgan fingerprint density at radius 1 is 1.46 bits per heavy atom. The maximum atomic E-state index is 11.0. The summed E-state index contributed by atoms with van der Waals surface area (Å²) in [6.07, 6.45) is 4.39. The largest absolute Gasteiger partial charge is 0.480 e. The molecule has 0 aliphatic carbocycles. The van der Waals surface area contributed by atoms with E-state index < -0.39 is 5.97 Å². The second-order valence-corrected chi connectivity index (χ2v) is 8.07. The molecule has 0 unspecified atom stereocenters. The number of aliphatic carboxylic acids is 1. The molecule has 1 aliphatic heterocycles. The van der Waals surface area contributed by atoms with Crippen LogP contribution in [-0.2, 0) is 17.8 Å². The van der Waals surface area contributed by atoms with Crippen LogP contribution in [0.3, 0.4) is 0 Å². The van der Waals surface area contributed by atoms with Crippen LogP contribution in [0.2, 0.25) is 0 Å². The summed E-state index contributed by atoms with van der Waals surface area (Å²) >= 11 is 1.78. The van der Waals surface area contributed by atoms with Crippen molar-refractivity contribution in [2.45, 2.75) is 59.0 Å². The van der Waals surface area contributed by atoms with Gasteiger partial charge in [-0.2, -0.15) is 0 Å². The lowest BCUT2D eigenvalue weighted by atomic mass is 10.0. The number of thiazole rings is 1. The Labute approximate surface area is 149 Å². The smallest absolute Gasteiger partial charge is 0.317 e. The number of carbonyl (C=O) groups is 1. The number of aryl methyl sites for hydroxylation is 1. The molecule has 2 rings (SSSR count). The van der Waals surface area contributed by atoms with Gasteiger partial charge in [-0.25, -0.2) is 4.98 Å². The molecule has 0 saturated carbocycles. The van der Waals surface area contributed by atoms with Crippen LogP contribution in [0, 0.1) is 5.92 Å². The summed E-state index contributed by atoms with van der Waals surface area (Å²) in [5.41, 5.74) is 1.19. The summed E-state index contributed by atoms with van der Waals surface area (Å²) in [6.45, 7) is 10.5. The van der Waals surface area contributed by atoms with Gasteiger partial charge in [0.05, 0.1) is 17.2 Å². The average Bonchev–Trinajstić information content (AvgIpc) is 2.99. The lowest BCUT2D eigenvalue weighted by Gasteiger charge is -2.37. The van der Waals surface area contributed by atoms with E-state index >= 15 is 0 Å². The molecule has 6 heteroatoms. The van der Waals surface area contributed by atoms with E-state index in [0.717, 1.165) is 51.4 Å². The molecule has 0 amide bonds. The lowest BCUT2D eigenvalue weighted by Crippen LogP contribution is -2.46. The van der Waals surface area contributed by atoms with E-state index in [1.54, 1.807) is 11.3 Å². The zero-order chi connectivity index (χ0) is 17.5. The molecule has 5 nitrogen and oxygen atoms in total. The van der Waals surface area contributed by atoms with Crippen molar-refractivity contribution in [2.24, 2.45) is 5.92 Å². The van der Waals surface area contributed by atoms with Crippen molar-refractivity contribution >= 4 is 17.3 Å². The molecule has 1 fully saturated rings. The van der Waals surface area contributed by atoms with Crippen molar-refractivity contribution in [3.05, 3.63) is 16.1 Å². The van der Waals surface area contributed by atoms with Crippen LogP contribution in [0.25, 0.3) is 0 Å². The molecule has 1 aromatic heterocycles. The van der Waals surface area contributed by atoms with Gasteiger partial charge in [0.15, 0.2) is 0 Å². The highest BCUT2D eigenvalue weighted by molar-refractivity contribution is 7.09. The van der Waals surface area contributed by atoms with Gasteiger partial charge in [0.25, 0.3) is 0 Å². The Hall–Kier alpha value is -0.980. The maximum absolute atomic E-state index is 11.0. The molecule has 2 heterocycles. The molecular formula is C18H31N3O2S. The molecule has 1 saturated heterocycles. The van der Waals surface area contributed by atoms with Crippen molar-refractivity contribution < 1.29 is 9.90 Å². The quantitative estimate of drug-likeness (QED) is 0.739. The molecule has 0 spiro atoms. The van der Waals surface area contributed by atoms with Crippen molar-refractivity contribution in [1.82, 2.24) is 14.8 Å². The molecule has 0 atom stereocenters. The zero-order valence-corrected chi connectivity index (χ0v) is 16.0. The lowest BCUT2D eigenvalue weighted by molar-refractivity contribution is -0.139. The highest BCUT2D eigenvalue weighted by atomic mass is 32.1. The number of rotatable bonds is 9. The van der Waals surface area contributed by atoms with Crippen molar-refractivity contribution in [3.8, 4) is 0 Å². The van der Waals surface area contributed by atoms with E-state index in [9.17, 15) is 4.79 Å². The van der Waals surface area contributed by atoms with Crippen LogP contribution >= 0.6 is 11.3 Å². The van der Waals surface area contributed by atoms with Crippen molar-refractivity contribution in [2.75, 3.05) is 26.2 Å². The average molecular weight is 354 g/mol. The SMILES string of the molecule is CCN(CC(=O)O)C1CCN(Cc2csc(CCC(C)C)n2)CC1. The molecular weight excluding hydrogens is 322 g/mol. The first-order valence-electron chi connectivity index (χ1n) is 9.09. The number of likely N-dealkylation sites (tertiary alicyclic amines) is 1. The molecule has 0 aromatic carbocycles. The zero-order valence-electron chi connectivity index (χ0n) is 15.2. The van der Waals surface area contributed by atoms with E-state index in [2.05, 4.69) is 29.0 Å². The van der Waals surface area contributed by atoms with Crippen LogP contribution in [0.15, 0.2) is 5.38 Å². The number of carboxylic acids is 1. The molecule has 24 heavy (non-hydrogen) atoms. The monoisotopic (exact) mass is 353 g/mol. The standard InChI is InChI=1S/C18H31N3O2S/c1-4-21(12-18(22)23)16-7-9-20(10-8-16)11-15-13-24-17(19-15)6-5-14(2)3/h13-14,16H,4-12H2,1-3H3,(H,22,23). The molecule has 1 aliphatic rings. The Bertz CT molecular complexity index is 510. The topological polar surface area (TPSA) is 56.7 Å². The van der Waals surface area contributed by atoms with Gasteiger partial charge < -0.3 is 5.11 Å². The van der Waals surface area contributed by atoms with Crippen molar-refractivity contribution in [3.63, 3.8) is 0 Å². The van der Waals surface area contributed by atoms with Crippen LogP contribution in [0.5, 0.6) is 0 Å². The number of aromatic nitrogens is 1. The van der Waals surface area contributed by atoms with E-state index in [4.69, 9.17) is 10.1 Å². The van der Waals surface area contributed by atoms with E-state index in [1.165, 1.54) is 17.1 Å². The molecule has 136 valence electrons. The Morgan fingerprint density at radius 3 is 2.75 bits per heavy atom. The summed E-state index contributed by atoms with van der Waals surface area (Å²) in [7, 11) is 0. The highest BCUT2D eigenvalue weighted by Gasteiger charge is 2.25. The van der Waals surface area contributed by atoms with Gasteiger partial charge in [0.1, 0.15) is 0 Å². The molecule has 0 radical (unpaired) electrons. The van der Waals surface area contributed by atoms with Crippen LogP contribution in [-0.4, -0.2) is 58.1 Å². The predicted octanol–water partition coefficient (Wildman–Crippen LogP) is 3.10. The summed E-state index contributed by atoms with van der Waals surface area (Å²) < 4.78 is 0. The first-order valence-corrected chi connectivity index (χ1v) is 9.97. The highest BCUT2D eigenvalue weighted by Crippen LogP contribution is 2.20. The Balaban J connectivity index is 1.77. The van der Waals surface area contributed by atoms with Gasteiger partial charge in [-0.05, 0) is 38.1 Å². The predicted molar refractivity (Wildman–Crippen MR) is 98.5 cm³/mol. The van der Waals surface area contributed by atoms with Gasteiger partial charge in [-0.3, -0.25) is 14.6 Å². The normalized spacial score (nSPS) is 17.0. The van der Waals surface area contributed by atoms with Crippen molar-refractivity contribution in [1.29, 1.82) is 0 Å². The van der Waals surface area contributed by atoms with E-state index in [1.807, 2.05) is 6.92 Å². The fraction of sp³-hybridized carbons (Fsp3) is 0.778. The van der Waals surface area contributed by atoms with Gasteiger partial charge >= 0.3 is 5.97 Å². The third kappa shape index (κ3) is 6.15. The number of piperidine rings is 1. The molecule has 0 bridgehead atoms. The maximum Gasteiger partial charge on any atom is 0.317 e. The minimum Gasteiger partial charge on any atom is -0.480 e. The van der Waals surface area contributed by atoms with Gasteiger partial charge in [-0.15, -0.1) is 11.3 Å². The van der Waals surface area contributed by atoms with Gasteiger partial charge in [-0.1, -0.05) is 20.8 Å². The van der Waals surface area contributed by atoms with Crippen LogP contribution in [0.1, 0.15) is 50.7 Å². The fourth-order valence-corrected chi connectivity index (χ4v) is 4.10. The van der Waals surface area contributed by atoms with E-state index in [-0.39, 0.29) is 6.54 Å². The fourth-order valence-electron chi connectivity index (χ4n) is 3.29. The van der Waals surface area contributed by atoms with Crippen LogP contribution in [0.4, 0.5) is 0 Å². The number of nitrogens with zero attached hydrogens (tertiary/aromatic N) is 3. The summed E-state index contributed by atoms with van der Waals surface area (Å²) in [6, 6.07) is 0.402. The van der Waals surface area contributed by atoms with Crippen LogP contribution < -0.4 is 0 Å². The van der Waals surface area contributed by atoms with Gasteiger partial charge in [0.2, 0.25) is 0 Å². The number of likely N-dealkylation sites (N-methyl/N-ethyl adjacent to an activating group) is 1. The minimum atomic E-state index is -0.726. The second-order valence-electron chi connectivity index (χ2n) is 7.13. The minimum absolute atomic E-state index is 0.159. The number of carboxylic acid groups (broad SMARTS) is 1. The Morgan fingerprint density at radius 2 is 2.17 bits per heavy atom. The van der Waals surface area contributed by atoms with E-state index in [0.29, 0.717) is 6.04 Å². The number of hydrogen-bond acceptors (Lipinski definition) is 5. The third-order valence-electron chi connectivity index (χ3n) is 4.74. The number of hydrogen-bond donors (Lipinski definition) is 1.